The van der Waals surface area contributed by atoms with Crippen LogP contribution in [0.25, 0.3) is 0 Å². The Morgan fingerprint density at radius 3 is 2.06 bits per heavy atom. The molecule has 0 aromatic heterocycles. The molecule has 0 rings (SSSR count). The van der Waals surface area contributed by atoms with Crippen molar-refractivity contribution in [1.82, 2.24) is 0 Å². The van der Waals surface area contributed by atoms with Gasteiger partial charge in [0.25, 0.3) is 0 Å². The van der Waals surface area contributed by atoms with Crippen molar-refractivity contribution in [1.29, 1.82) is 0 Å². The van der Waals surface area contributed by atoms with Crippen LogP contribution in [0.2, 0.25) is 0 Å². The lowest BCUT2D eigenvalue weighted by Crippen LogP contribution is -2.16. The minimum atomic E-state index is -3.35. The molecule has 0 heterocycles. The minimum absolute atomic E-state index is 0.144. The molecule has 0 aromatic carbocycles. The summed E-state index contributed by atoms with van der Waals surface area (Å²) in [5.41, 5.74) is 0. The molecular weight excluding hydrogens is 247 g/mol. The van der Waals surface area contributed by atoms with Crippen molar-refractivity contribution in [2.45, 2.75) is 20.8 Å². The molecule has 0 atom stereocenters. The zero-order valence-electron chi connectivity index (χ0n) is 10.6. The van der Waals surface area contributed by atoms with E-state index in [9.17, 15) is 9.36 Å². The van der Waals surface area contributed by atoms with E-state index in [1.807, 2.05) is 6.92 Å². The highest BCUT2D eigenvalue weighted by Gasteiger charge is 2.28. The quantitative estimate of drug-likeness (QED) is 0.342. The van der Waals surface area contributed by atoms with E-state index in [2.05, 4.69) is 0 Å². The molecule has 6 nitrogen and oxygen atoms in total. The van der Waals surface area contributed by atoms with Crippen LogP contribution in [0.1, 0.15) is 20.8 Å². The third-order valence-electron chi connectivity index (χ3n) is 1.67. The average Bonchev–Trinajstić information content (AvgIpc) is 2.24. The molecule has 0 saturated heterocycles. The second-order valence-electron chi connectivity index (χ2n) is 3.02. The Morgan fingerprint density at radius 2 is 1.59 bits per heavy atom. The Labute approximate surface area is 102 Å². The fourth-order valence-electron chi connectivity index (χ4n) is 1.08. The van der Waals surface area contributed by atoms with Gasteiger partial charge in [0.15, 0.2) is 0 Å². The molecule has 0 unspecified atom stereocenters. The molecular formula is C10H21O6P. The maximum atomic E-state index is 11.9. The van der Waals surface area contributed by atoms with Crippen molar-refractivity contribution in [3.05, 3.63) is 0 Å². The second-order valence-corrected chi connectivity index (χ2v) is 5.08. The Balaban J connectivity index is 3.99. The lowest BCUT2D eigenvalue weighted by molar-refractivity contribution is -0.142. The fourth-order valence-corrected chi connectivity index (χ4v) is 2.54. The molecule has 7 heteroatoms. The fraction of sp³-hybridized carbons (Fsp3) is 0.900. The molecule has 0 aliphatic heterocycles. The van der Waals surface area contributed by atoms with Gasteiger partial charge in [-0.25, -0.2) is 0 Å². The van der Waals surface area contributed by atoms with E-state index < -0.39 is 13.6 Å². The summed E-state index contributed by atoms with van der Waals surface area (Å²) in [6.45, 7) is 6.71. The summed E-state index contributed by atoms with van der Waals surface area (Å²) < 4.78 is 31.7. The van der Waals surface area contributed by atoms with Crippen LogP contribution >= 0.6 is 7.60 Å². The molecule has 0 N–H and O–H groups in total. The number of carbonyl (C=O) groups is 1. The summed E-state index contributed by atoms with van der Waals surface area (Å²) in [4.78, 5) is 11.4. The summed E-state index contributed by atoms with van der Waals surface area (Å²) in [7, 11) is -3.35. The molecule has 0 radical (unpaired) electrons. The van der Waals surface area contributed by atoms with Crippen molar-refractivity contribution in [2.75, 3.05) is 39.2 Å². The summed E-state index contributed by atoms with van der Waals surface area (Å²) in [6.07, 6.45) is -0.360. The summed E-state index contributed by atoms with van der Waals surface area (Å²) >= 11 is 0. The molecule has 0 saturated carbocycles. The van der Waals surface area contributed by atoms with Crippen LogP contribution < -0.4 is 0 Å². The van der Waals surface area contributed by atoms with Crippen molar-refractivity contribution >= 4 is 13.6 Å². The normalized spacial score (nSPS) is 11.5. The molecule has 0 fully saturated rings. The van der Waals surface area contributed by atoms with Gasteiger partial charge in [-0.3, -0.25) is 9.36 Å². The molecule has 0 aliphatic carbocycles. The van der Waals surface area contributed by atoms with Gasteiger partial charge in [0.2, 0.25) is 0 Å². The van der Waals surface area contributed by atoms with E-state index in [0.29, 0.717) is 13.2 Å². The third kappa shape index (κ3) is 8.32. The number of ether oxygens (including phenoxy) is 2. The van der Waals surface area contributed by atoms with Gasteiger partial charge in [0, 0.05) is 6.61 Å². The monoisotopic (exact) mass is 268 g/mol. The Bertz CT molecular complexity index is 245. The maximum Gasteiger partial charge on any atom is 0.341 e. The van der Waals surface area contributed by atoms with Gasteiger partial charge in [0.1, 0.15) is 12.8 Å². The van der Waals surface area contributed by atoms with Crippen LogP contribution in [0.5, 0.6) is 0 Å². The first-order valence-electron chi connectivity index (χ1n) is 5.69. The topological polar surface area (TPSA) is 71.1 Å². The summed E-state index contributed by atoms with van der Waals surface area (Å²) in [6, 6.07) is 0. The Hall–Kier alpha value is -0.420. The van der Waals surface area contributed by atoms with Crippen LogP contribution in [0.3, 0.4) is 0 Å². The summed E-state index contributed by atoms with van der Waals surface area (Å²) in [5.74, 6) is -0.602. The highest BCUT2D eigenvalue weighted by Crippen LogP contribution is 2.47. The van der Waals surface area contributed by atoms with Gasteiger partial charge in [-0.1, -0.05) is 0 Å². The highest BCUT2D eigenvalue weighted by molar-refractivity contribution is 7.54. The largest absolute Gasteiger partial charge is 0.463 e. The summed E-state index contributed by atoms with van der Waals surface area (Å²) in [5, 5.41) is 0. The van der Waals surface area contributed by atoms with Gasteiger partial charge < -0.3 is 18.5 Å². The zero-order valence-corrected chi connectivity index (χ0v) is 11.5. The molecule has 17 heavy (non-hydrogen) atoms. The standard InChI is InChI=1S/C10H21O6P/c1-4-13-7-8-14-10(11)9-17(12,15-5-2)16-6-3/h4-9H2,1-3H3. The predicted octanol–water partition coefficient (Wildman–Crippen LogP) is 1.83. The maximum absolute atomic E-state index is 11.9. The first-order valence-corrected chi connectivity index (χ1v) is 7.42. The molecule has 0 amide bonds. The number of rotatable bonds is 10. The van der Waals surface area contributed by atoms with Gasteiger partial charge in [-0.05, 0) is 20.8 Å². The van der Waals surface area contributed by atoms with Crippen LogP contribution in [0, 0.1) is 0 Å². The van der Waals surface area contributed by atoms with E-state index in [4.69, 9.17) is 18.5 Å². The van der Waals surface area contributed by atoms with Crippen LogP contribution in [0.15, 0.2) is 0 Å². The van der Waals surface area contributed by atoms with Gasteiger partial charge in [-0.2, -0.15) is 0 Å². The number of hydrogen-bond donors (Lipinski definition) is 0. The average molecular weight is 268 g/mol. The third-order valence-corrected chi connectivity index (χ3v) is 3.62. The zero-order chi connectivity index (χ0) is 13.1. The van der Waals surface area contributed by atoms with Crippen molar-refractivity contribution in [3.63, 3.8) is 0 Å². The Morgan fingerprint density at radius 1 is 1.00 bits per heavy atom. The van der Waals surface area contributed by atoms with Gasteiger partial charge >= 0.3 is 13.6 Å². The van der Waals surface area contributed by atoms with E-state index in [1.54, 1.807) is 13.8 Å². The number of carbonyl (C=O) groups excluding carboxylic acids is 1. The van der Waals surface area contributed by atoms with Gasteiger partial charge in [-0.15, -0.1) is 0 Å². The second kappa shape index (κ2) is 9.59. The molecule has 102 valence electrons. The first kappa shape index (κ1) is 16.6. The lowest BCUT2D eigenvalue weighted by Gasteiger charge is -2.15. The number of hydrogen-bond acceptors (Lipinski definition) is 6. The highest BCUT2D eigenvalue weighted by atomic mass is 31.2. The SMILES string of the molecule is CCOCCOC(=O)CP(=O)(OCC)OCC. The Kier molecular flexibility index (Phi) is 9.36. The van der Waals surface area contributed by atoms with E-state index in [0.717, 1.165) is 0 Å². The van der Waals surface area contributed by atoms with E-state index >= 15 is 0 Å². The predicted molar refractivity (Wildman–Crippen MR) is 63.2 cm³/mol. The molecule has 0 aromatic rings. The van der Waals surface area contributed by atoms with Crippen molar-refractivity contribution < 1.29 is 27.9 Å². The molecule has 0 bridgehead atoms. The van der Waals surface area contributed by atoms with Crippen LogP contribution in [-0.2, 0) is 27.9 Å². The lowest BCUT2D eigenvalue weighted by atomic mass is 10.7. The van der Waals surface area contributed by atoms with Crippen molar-refractivity contribution in [2.24, 2.45) is 0 Å². The first-order chi connectivity index (χ1) is 8.08. The van der Waals surface area contributed by atoms with E-state index in [-0.39, 0.29) is 26.0 Å². The number of esters is 1. The molecule has 0 aliphatic rings. The van der Waals surface area contributed by atoms with Crippen LogP contribution in [-0.4, -0.2) is 45.2 Å². The van der Waals surface area contributed by atoms with Crippen LogP contribution in [0.4, 0.5) is 0 Å². The minimum Gasteiger partial charge on any atom is -0.463 e. The molecule has 0 spiro atoms. The van der Waals surface area contributed by atoms with Crippen molar-refractivity contribution in [3.8, 4) is 0 Å². The van der Waals surface area contributed by atoms with Gasteiger partial charge in [0.05, 0.1) is 19.8 Å². The van der Waals surface area contributed by atoms with E-state index in [1.165, 1.54) is 0 Å². The smallest absolute Gasteiger partial charge is 0.341 e.